The van der Waals surface area contributed by atoms with Gasteiger partial charge in [-0.2, -0.15) is 5.10 Å². The van der Waals surface area contributed by atoms with Crippen molar-refractivity contribution in [2.24, 2.45) is 0 Å². The predicted molar refractivity (Wildman–Crippen MR) is 78.9 cm³/mol. The number of nitrogens with zero attached hydrogens (tertiary/aromatic N) is 3. The third-order valence-electron chi connectivity index (χ3n) is 4.18. The van der Waals surface area contributed by atoms with Crippen LogP contribution in [0, 0.1) is 0 Å². The molecule has 1 amide bonds. The molecular formula is C15H24N4O2. The van der Waals surface area contributed by atoms with E-state index >= 15 is 0 Å². The van der Waals surface area contributed by atoms with E-state index in [2.05, 4.69) is 15.1 Å². The Morgan fingerprint density at radius 1 is 1.43 bits per heavy atom. The van der Waals surface area contributed by atoms with Gasteiger partial charge in [0, 0.05) is 25.3 Å². The normalized spacial score (nSPS) is 26.7. The number of amides is 1. The summed E-state index contributed by atoms with van der Waals surface area (Å²) in [5.41, 5.74) is 0.436. The summed E-state index contributed by atoms with van der Waals surface area (Å²) in [6.07, 6.45) is 3.94. The fourth-order valence-corrected chi connectivity index (χ4v) is 3.25. The van der Waals surface area contributed by atoms with Crippen molar-refractivity contribution < 1.29 is 9.53 Å². The van der Waals surface area contributed by atoms with E-state index in [0.29, 0.717) is 6.04 Å². The molecule has 3 heterocycles. The molecule has 0 spiro atoms. The highest BCUT2D eigenvalue weighted by Gasteiger charge is 2.41. The van der Waals surface area contributed by atoms with Crippen LogP contribution in [0.5, 0.6) is 0 Å². The Morgan fingerprint density at radius 2 is 2.24 bits per heavy atom. The van der Waals surface area contributed by atoms with Crippen LogP contribution in [-0.4, -0.2) is 57.4 Å². The molecule has 0 bridgehead atoms. The van der Waals surface area contributed by atoms with Gasteiger partial charge in [-0.1, -0.05) is 0 Å². The van der Waals surface area contributed by atoms with Gasteiger partial charge < -0.3 is 4.74 Å². The minimum absolute atomic E-state index is 0.0274. The molecule has 6 nitrogen and oxygen atoms in total. The number of rotatable bonds is 1. The van der Waals surface area contributed by atoms with Gasteiger partial charge in [0.05, 0.1) is 11.7 Å². The zero-order chi connectivity index (χ0) is 15.0. The van der Waals surface area contributed by atoms with E-state index in [1.165, 1.54) is 6.42 Å². The van der Waals surface area contributed by atoms with Gasteiger partial charge in [0.1, 0.15) is 5.60 Å². The zero-order valence-electron chi connectivity index (χ0n) is 13.0. The van der Waals surface area contributed by atoms with E-state index in [9.17, 15) is 4.79 Å². The molecule has 2 fully saturated rings. The van der Waals surface area contributed by atoms with Crippen molar-refractivity contribution in [2.45, 2.75) is 51.3 Å². The smallest absolute Gasteiger partial charge is 0.410 e. The second-order valence-electron chi connectivity index (χ2n) is 6.94. The second-order valence-corrected chi connectivity index (χ2v) is 6.94. The first kappa shape index (κ1) is 14.4. The number of nitrogens with one attached hydrogen (secondary N) is 1. The second kappa shape index (κ2) is 5.33. The van der Waals surface area contributed by atoms with Crippen molar-refractivity contribution in [2.75, 3.05) is 19.6 Å². The summed E-state index contributed by atoms with van der Waals surface area (Å²) >= 11 is 0. The van der Waals surface area contributed by atoms with Crippen LogP contribution < -0.4 is 0 Å². The number of hydrogen-bond donors (Lipinski definition) is 1. The Kier molecular flexibility index (Phi) is 3.65. The summed E-state index contributed by atoms with van der Waals surface area (Å²) in [7, 11) is 0. The van der Waals surface area contributed by atoms with Gasteiger partial charge in [0.15, 0.2) is 0 Å². The van der Waals surface area contributed by atoms with Gasteiger partial charge in [0.2, 0.25) is 0 Å². The average molecular weight is 292 g/mol. The molecule has 2 saturated heterocycles. The number of aromatic amines is 1. The predicted octanol–water partition coefficient (Wildman–Crippen LogP) is 2.17. The fourth-order valence-electron chi connectivity index (χ4n) is 3.25. The molecule has 1 aromatic rings. The quantitative estimate of drug-likeness (QED) is 0.861. The first-order valence-corrected chi connectivity index (χ1v) is 7.67. The van der Waals surface area contributed by atoms with E-state index in [1.54, 1.807) is 6.20 Å². The van der Waals surface area contributed by atoms with Crippen molar-refractivity contribution in [3.8, 4) is 0 Å². The van der Waals surface area contributed by atoms with Crippen molar-refractivity contribution in [3.05, 3.63) is 18.0 Å². The van der Waals surface area contributed by atoms with Crippen LogP contribution in [0.2, 0.25) is 0 Å². The molecule has 0 saturated carbocycles. The van der Waals surface area contributed by atoms with Crippen molar-refractivity contribution in [3.63, 3.8) is 0 Å². The molecular weight excluding hydrogens is 268 g/mol. The Balaban J connectivity index is 1.81. The molecule has 2 aliphatic heterocycles. The monoisotopic (exact) mass is 292 g/mol. The first-order valence-electron chi connectivity index (χ1n) is 7.67. The van der Waals surface area contributed by atoms with Gasteiger partial charge in [-0.05, 0) is 46.2 Å². The van der Waals surface area contributed by atoms with Gasteiger partial charge in [-0.3, -0.25) is 14.9 Å². The maximum atomic E-state index is 12.6. The lowest BCUT2D eigenvalue weighted by atomic mass is 10.1. The SMILES string of the molecule is CC(C)(C)OC(=O)N1C[C@H]2CCCN2C[C@H]1c1cc[nH]n1. The number of carbonyl (C=O) groups is 1. The van der Waals surface area contributed by atoms with Crippen LogP contribution >= 0.6 is 0 Å². The van der Waals surface area contributed by atoms with E-state index < -0.39 is 5.60 Å². The molecule has 116 valence electrons. The van der Waals surface area contributed by atoms with Crippen LogP contribution in [-0.2, 0) is 4.74 Å². The van der Waals surface area contributed by atoms with Gasteiger partial charge in [0.25, 0.3) is 0 Å². The Labute approximate surface area is 125 Å². The van der Waals surface area contributed by atoms with E-state index in [4.69, 9.17) is 4.74 Å². The summed E-state index contributed by atoms with van der Waals surface area (Å²) in [6.45, 7) is 8.40. The highest BCUT2D eigenvalue weighted by molar-refractivity contribution is 5.69. The van der Waals surface area contributed by atoms with Crippen molar-refractivity contribution >= 4 is 6.09 Å². The van der Waals surface area contributed by atoms with Gasteiger partial charge >= 0.3 is 6.09 Å². The maximum absolute atomic E-state index is 12.6. The third-order valence-corrected chi connectivity index (χ3v) is 4.18. The van der Waals surface area contributed by atoms with Crippen LogP contribution in [0.25, 0.3) is 0 Å². The number of ether oxygens (including phenoxy) is 1. The molecule has 1 N–H and O–H groups in total. The Hall–Kier alpha value is -1.56. The molecule has 0 unspecified atom stereocenters. The lowest BCUT2D eigenvalue weighted by Gasteiger charge is -2.43. The lowest BCUT2D eigenvalue weighted by Crippen LogP contribution is -2.54. The van der Waals surface area contributed by atoms with E-state index in [-0.39, 0.29) is 12.1 Å². The summed E-state index contributed by atoms with van der Waals surface area (Å²) in [4.78, 5) is 16.9. The summed E-state index contributed by atoms with van der Waals surface area (Å²) in [5.74, 6) is 0. The van der Waals surface area contributed by atoms with Crippen LogP contribution in [0.1, 0.15) is 45.3 Å². The molecule has 21 heavy (non-hydrogen) atoms. The third kappa shape index (κ3) is 3.05. The highest BCUT2D eigenvalue weighted by atomic mass is 16.6. The molecule has 0 aliphatic carbocycles. The largest absolute Gasteiger partial charge is 0.444 e. The molecule has 2 aliphatic rings. The van der Waals surface area contributed by atoms with Crippen molar-refractivity contribution in [1.82, 2.24) is 20.0 Å². The minimum atomic E-state index is -0.472. The van der Waals surface area contributed by atoms with Crippen LogP contribution in [0.4, 0.5) is 4.79 Å². The molecule has 2 atom stereocenters. The average Bonchev–Trinajstić information content (AvgIpc) is 3.06. The minimum Gasteiger partial charge on any atom is -0.444 e. The highest BCUT2D eigenvalue weighted by Crippen LogP contribution is 2.32. The lowest BCUT2D eigenvalue weighted by molar-refractivity contribution is -0.0100. The summed E-state index contributed by atoms with van der Waals surface area (Å²) < 4.78 is 5.58. The number of H-pyrrole nitrogens is 1. The van der Waals surface area contributed by atoms with Crippen molar-refractivity contribution in [1.29, 1.82) is 0 Å². The number of fused-ring (bicyclic) bond motifs is 1. The zero-order valence-corrected chi connectivity index (χ0v) is 13.0. The number of hydrogen-bond acceptors (Lipinski definition) is 4. The fraction of sp³-hybridized carbons (Fsp3) is 0.733. The topological polar surface area (TPSA) is 61.5 Å². The standard InChI is InChI=1S/C15H24N4O2/c1-15(2,3)21-14(20)19-9-11-5-4-8-18(11)10-13(19)12-6-7-16-17-12/h6-7,11,13H,4-5,8-10H2,1-3H3,(H,16,17)/t11-,13+/m1/s1. The number of carbonyl (C=O) groups excluding carboxylic acids is 1. The Morgan fingerprint density at radius 3 is 2.90 bits per heavy atom. The van der Waals surface area contributed by atoms with Crippen LogP contribution in [0.15, 0.2) is 12.3 Å². The summed E-state index contributed by atoms with van der Waals surface area (Å²) in [5, 5.41) is 7.13. The Bertz CT molecular complexity index is 494. The summed E-state index contributed by atoms with van der Waals surface area (Å²) in [6, 6.07) is 2.38. The number of piperazine rings is 1. The van der Waals surface area contributed by atoms with Gasteiger partial charge in [-0.15, -0.1) is 0 Å². The van der Waals surface area contributed by atoms with E-state index in [0.717, 1.165) is 31.7 Å². The number of aromatic nitrogens is 2. The maximum Gasteiger partial charge on any atom is 0.410 e. The molecule has 0 aromatic carbocycles. The van der Waals surface area contributed by atoms with Gasteiger partial charge in [-0.25, -0.2) is 4.79 Å². The van der Waals surface area contributed by atoms with E-state index in [1.807, 2.05) is 31.7 Å². The van der Waals surface area contributed by atoms with Crippen LogP contribution in [0.3, 0.4) is 0 Å². The molecule has 6 heteroatoms. The first-order chi connectivity index (χ1) is 9.94. The molecule has 0 radical (unpaired) electrons. The molecule has 3 rings (SSSR count). The molecule has 1 aromatic heterocycles.